The van der Waals surface area contributed by atoms with Crippen LogP contribution in [0.25, 0.3) is 11.0 Å². The number of imidazole rings is 1. The fraction of sp³-hybridized carbons (Fsp3) is 0.167. The second-order valence-corrected chi connectivity index (χ2v) is 8.99. The summed E-state index contributed by atoms with van der Waals surface area (Å²) >= 11 is 0. The van der Waals surface area contributed by atoms with Crippen molar-refractivity contribution < 1.29 is 0 Å². The maximum absolute atomic E-state index is 5.14. The second-order valence-electron chi connectivity index (χ2n) is 8.99. The summed E-state index contributed by atoms with van der Waals surface area (Å²) in [4.78, 5) is 10.2. The molecule has 4 nitrogen and oxygen atoms in total. The molecule has 0 radical (unpaired) electrons. The molecular weight excluding hydrogens is 416 g/mol. The molecule has 0 saturated carbocycles. The van der Waals surface area contributed by atoms with Gasteiger partial charge in [0.05, 0.1) is 23.1 Å². The Bertz CT molecular complexity index is 1400. The van der Waals surface area contributed by atoms with Crippen LogP contribution in [0.15, 0.2) is 115 Å². The minimum Gasteiger partial charge on any atom is -0.338 e. The van der Waals surface area contributed by atoms with Crippen LogP contribution in [-0.4, -0.2) is 15.6 Å². The predicted octanol–water partition coefficient (Wildman–Crippen LogP) is 6.73. The van der Waals surface area contributed by atoms with E-state index in [1.807, 2.05) is 0 Å². The van der Waals surface area contributed by atoms with E-state index < -0.39 is 0 Å². The van der Waals surface area contributed by atoms with Crippen LogP contribution in [-0.2, 0) is 7.05 Å². The summed E-state index contributed by atoms with van der Waals surface area (Å²) in [5.41, 5.74) is 5.93. The highest BCUT2D eigenvalue weighted by molar-refractivity contribution is 5.79. The van der Waals surface area contributed by atoms with E-state index in [2.05, 4.69) is 144 Å². The van der Waals surface area contributed by atoms with Crippen LogP contribution in [0, 0.1) is 0 Å². The zero-order valence-electron chi connectivity index (χ0n) is 19.5. The monoisotopic (exact) mass is 444 g/mol. The lowest BCUT2D eigenvalue weighted by atomic mass is 9.99. The van der Waals surface area contributed by atoms with Crippen molar-refractivity contribution in [2.75, 3.05) is 9.80 Å². The van der Waals surface area contributed by atoms with Crippen molar-refractivity contribution in [3.8, 4) is 0 Å². The number of aromatic nitrogens is 2. The highest BCUT2D eigenvalue weighted by Gasteiger charge is 2.48. The first-order valence-electron chi connectivity index (χ1n) is 11.9. The molecule has 34 heavy (non-hydrogen) atoms. The van der Waals surface area contributed by atoms with Gasteiger partial charge < -0.3 is 14.4 Å². The first-order valence-corrected chi connectivity index (χ1v) is 11.9. The van der Waals surface area contributed by atoms with Gasteiger partial charge in [0.15, 0.2) is 0 Å². The third-order valence-electron chi connectivity index (χ3n) is 7.01. The highest BCUT2D eigenvalue weighted by atomic mass is 15.5. The number of para-hydroxylation sites is 3. The smallest absolute Gasteiger partial charge is 0.208 e. The molecule has 1 aliphatic rings. The zero-order chi connectivity index (χ0) is 23.1. The van der Waals surface area contributed by atoms with E-state index in [1.54, 1.807) is 0 Å². The highest BCUT2D eigenvalue weighted by Crippen LogP contribution is 2.49. The zero-order valence-corrected chi connectivity index (χ0v) is 19.5. The second kappa shape index (κ2) is 8.38. The molecule has 1 fully saturated rings. The van der Waals surface area contributed by atoms with Gasteiger partial charge in [0.2, 0.25) is 5.95 Å². The number of aryl methyl sites for hydroxylation is 1. The lowest BCUT2D eigenvalue weighted by Crippen LogP contribution is -2.34. The summed E-state index contributed by atoms with van der Waals surface area (Å²) in [6, 6.07) is 41.2. The van der Waals surface area contributed by atoms with E-state index in [9.17, 15) is 0 Å². The SMILES string of the molecule is C[C@H]1C(c2ccccc2)N(c2ccccc2)C(c2ccccc2)N1c1nc2ccccc2n1C. The Balaban J connectivity index is 1.61. The molecule has 0 bridgehead atoms. The molecule has 0 aliphatic carbocycles. The topological polar surface area (TPSA) is 24.3 Å². The number of rotatable bonds is 4. The average Bonchev–Trinajstić information content (AvgIpc) is 3.39. The molecule has 0 spiro atoms. The molecule has 4 heteroatoms. The van der Waals surface area contributed by atoms with Crippen LogP contribution in [0.5, 0.6) is 0 Å². The van der Waals surface area contributed by atoms with Gasteiger partial charge in [-0.2, -0.15) is 0 Å². The third-order valence-corrected chi connectivity index (χ3v) is 7.01. The first kappa shape index (κ1) is 20.5. The number of nitrogens with zero attached hydrogens (tertiary/aromatic N) is 4. The van der Waals surface area contributed by atoms with Gasteiger partial charge in [0.1, 0.15) is 6.17 Å². The standard InChI is InChI=1S/C30H28N4/c1-22-28(23-14-6-3-7-15-23)34(25-18-10-5-11-19-25)29(24-16-8-4-9-17-24)33(22)30-31-26-20-12-13-21-27(26)32(30)2/h3-22,28-29H,1-2H3/t22-,28?,29?/m0/s1. The molecule has 2 heterocycles. The van der Waals surface area contributed by atoms with Gasteiger partial charge in [-0.25, -0.2) is 4.98 Å². The van der Waals surface area contributed by atoms with Crippen LogP contribution in [0.3, 0.4) is 0 Å². The van der Waals surface area contributed by atoms with Crippen molar-refractivity contribution >= 4 is 22.7 Å². The molecule has 168 valence electrons. The molecule has 1 aliphatic heterocycles. The van der Waals surface area contributed by atoms with Crippen molar-refractivity contribution in [2.45, 2.75) is 25.2 Å². The minimum absolute atomic E-state index is 0.000631. The largest absolute Gasteiger partial charge is 0.338 e. The van der Waals surface area contributed by atoms with Crippen LogP contribution in [0.1, 0.15) is 30.3 Å². The normalized spacial score (nSPS) is 20.2. The Kier molecular flexibility index (Phi) is 5.06. The van der Waals surface area contributed by atoms with Crippen LogP contribution >= 0.6 is 0 Å². The molecule has 5 aromatic rings. The first-order chi connectivity index (χ1) is 16.7. The Morgan fingerprint density at radius 2 is 1.18 bits per heavy atom. The Labute approximate surface area is 200 Å². The van der Waals surface area contributed by atoms with Gasteiger partial charge in [-0.15, -0.1) is 0 Å². The molecular formula is C30H28N4. The molecule has 4 aromatic carbocycles. The van der Waals surface area contributed by atoms with Gasteiger partial charge >= 0.3 is 0 Å². The van der Waals surface area contributed by atoms with E-state index in [0.29, 0.717) is 0 Å². The van der Waals surface area contributed by atoms with Crippen LogP contribution in [0.2, 0.25) is 0 Å². The van der Waals surface area contributed by atoms with Gasteiger partial charge in [-0.3, -0.25) is 0 Å². The number of anilines is 2. The summed E-state index contributed by atoms with van der Waals surface area (Å²) in [6.45, 7) is 2.33. The van der Waals surface area contributed by atoms with Gasteiger partial charge in [-0.1, -0.05) is 91.0 Å². The summed E-state index contributed by atoms with van der Waals surface area (Å²) < 4.78 is 2.23. The number of benzene rings is 4. The van der Waals surface area contributed by atoms with Gasteiger partial charge in [0.25, 0.3) is 0 Å². The number of hydrogen-bond donors (Lipinski definition) is 0. The van der Waals surface area contributed by atoms with E-state index in [4.69, 9.17) is 4.98 Å². The quantitative estimate of drug-likeness (QED) is 0.307. The lowest BCUT2D eigenvalue weighted by Gasteiger charge is -2.34. The molecule has 2 unspecified atom stereocenters. The molecule has 1 saturated heterocycles. The van der Waals surface area contributed by atoms with Crippen molar-refractivity contribution in [3.05, 3.63) is 126 Å². The summed E-state index contributed by atoms with van der Waals surface area (Å²) in [6.07, 6.45) is -0.000631. The van der Waals surface area contributed by atoms with Crippen molar-refractivity contribution in [1.82, 2.24) is 9.55 Å². The van der Waals surface area contributed by atoms with Crippen LogP contribution < -0.4 is 9.80 Å². The van der Waals surface area contributed by atoms with Crippen molar-refractivity contribution in [3.63, 3.8) is 0 Å². The van der Waals surface area contributed by atoms with Crippen molar-refractivity contribution in [2.24, 2.45) is 7.05 Å². The van der Waals surface area contributed by atoms with Crippen LogP contribution in [0.4, 0.5) is 11.6 Å². The van der Waals surface area contributed by atoms with E-state index in [-0.39, 0.29) is 18.2 Å². The molecule has 3 atom stereocenters. The number of hydrogen-bond acceptors (Lipinski definition) is 3. The molecule has 0 N–H and O–H groups in total. The molecule has 0 amide bonds. The Morgan fingerprint density at radius 1 is 0.618 bits per heavy atom. The maximum Gasteiger partial charge on any atom is 0.208 e. The minimum atomic E-state index is -0.000631. The fourth-order valence-corrected chi connectivity index (χ4v) is 5.49. The Hall–Kier alpha value is -4.05. The molecule has 1 aromatic heterocycles. The maximum atomic E-state index is 5.14. The average molecular weight is 445 g/mol. The third kappa shape index (κ3) is 3.26. The van der Waals surface area contributed by atoms with Crippen molar-refractivity contribution in [1.29, 1.82) is 0 Å². The summed E-state index contributed by atoms with van der Waals surface area (Å²) in [5.74, 6) is 0.988. The van der Waals surface area contributed by atoms with E-state index in [0.717, 1.165) is 17.0 Å². The summed E-state index contributed by atoms with van der Waals surface area (Å²) in [5, 5.41) is 0. The fourth-order valence-electron chi connectivity index (χ4n) is 5.49. The lowest BCUT2D eigenvalue weighted by molar-refractivity contribution is 0.620. The predicted molar refractivity (Wildman–Crippen MR) is 140 cm³/mol. The Morgan fingerprint density at radius 3 is 1.82 bits per heavy atom. The number of fused-ring (bicyclic) bond motifs is 1. The van der Waals surface area contributed by atoms with Gasteiger partial charge in [-0.05, 0) is 42.3 Å². The summed E-state index contributed by atoms with van der Waals surface area (Å²) in [7, 11) is 2.13. The van der Waals surface area contributed by atoms with E-state index in [1.165, 1.54) is 16.8 Å². The molecule has 6 rings (SSSR count). The van der Waals surface area contributed by atoms with E-state index >= 15 is 0 Å². The van der Waals surface area contributed by atoms with Gasteiger partial charge in [0, 0.05) is 12.7 Å².